The zero-order valence-electron chi connectivity index (χ0n) is 16.0. The van der Waals surface area contributed by atoms with Gasteiger partial charge in [-0.1, -0.05) is 48.0 Å². The third kappa shape index (κ3) is 4.79. The van der Waals surface area contributed by atoms with E-state index in [1.54, 1.807) is 14.2 Å². The summed E-state index contributed by atoms with van der Waals surface area (Å²) in [6.07, 6.45) is 0.996. The van der Waals surface area contributed by atoms with Crippen LogP contribution in [0.4, 0.5) is 5.69 Å². The van der Waals surface area contributed by atoms with Crippen molar-refractivity contribution in [3.05, 3.63) is 51.5 Å². The lowest BCUT2D eigenvalue weighted by atomic mass is 9.98. The Hall–Kier alpha value is -2.01. The molecule has 0 aliphatic heterocycles. The predicted molar refractivity (Wildman–Crippen MR) is 109 cm³/mol. The second-order valence-corrected chi connectivity index (χ2v) is 7.39. The Labute approximate surface area is 164 Å². The van der Waals surface area contributed by atoms with Crippen molar-refractivity contribution in [1.82, 2.24) is 0 Å². The molecule has 0 heterocycles. The van der Waals surface area contributed by atoms with Crippen LogP contribution >= 0.6 is 15.9 Å². The van der Waals surface area contributed by atoms with Crippen molar-refractivity contribution in [1.29, 1.82) is 0 Å². The lowest BCUT2D eigenvalue weighted by molar-refractivity contribution is -0.116. The lowest BCUT2D eigenvalue weighted by Crippen LogP contribution is -2.15. The van der Waals surface area contributed by atoms with Gasteiger partial charge in [-0.25, -0.2) is 0 Å². The quantitative estimate of drug-likeness (QED) is 0.646. The first kappa shape index (κ1) is 20.3. The maximum Gasteiger partial charge on any atom is 0.224 e. The van der Waals surface area contributed by atoms with Gasteiger partial charge in [0.25, 0.3) is 0 Å². The summed E-state index contributed by atoms with van der Waals surface area (Å²) in [7, 11) is 3.21. The molecular formula is C21H26BrNO3. The Morgan fingerprint density at radius 2 is 1.81 bits per heavy atom. The van der Waals surface area contributed by atoms with Crippen molar-refractivity contribution in [2.45, 2.75) is 39.5 Å². The van der Waals surface area contributed by atoms with Gasteiger partial charge >= 0.3 is 0 Å². The van der Waals surface area contributed by atoms with Crippen LogP contribution in [0.5, 0.6) is 11.5 Å². The monoisotopic (exact) mass is 419 g/mol. The van der Waals surface area contributed by atoms with Crippen molar-refractivity contribution >= 4 is 27.5 Å². The molecule has 0 atom stereocenters. The molecule has 2 aromatic carbocycles. The lowest BCUT2D eigenvalue weighted by Gasteiger charge is -2.17. The highest BCUT2D eigenvalue weighted by molar-refractivity contribution is 9.10. The Morgan fingerprint density at radius 3 is 2.42 bits per heavy atom. The molecule has 4 nitrogen and oxygen atoms in total. The fourth-order valence-electron chi connectivity index (χ4n) is 2.88. The van der Waals surface area contributed by atoms with E-state index in [1.807, 2.05) is 31.2 Å². The van der Waals surface area contributed by atoms with Crippen LogP contribution in [0.3, 0.4) is 0 Å². The van der Waals surface area contributed by atoms with Gasteiger partial charge in [-0.2, -0.15) is 0 Å². The molecule has 0 unspecified atom stereocenters. The summed E-state index contributed by atoms with van der Waals surface area (Å²) in [5.74, 6) is 1.68. The number of ether oxygens (including phenoxy) is 2. The number of para-hydroxylation sites is 1. The molecule has 0 aliphatic carbocycles. The number of rotatable bonds is 7. The first-order valence-corrected chi connectivity index (χ1v) is 9.46. The van der Waals surface area contributed by atoms with Gasteiger partial charge in [-0.05, 0) is 48.1 Å². The van der Waals surface area contributed by atoms with Crippen LogP contribution in [0.25, 0.3) is 0 Å². The van der Waals surface area contributed by atoms with Crippen LogP contribution in [-0.4, -0.2) is 20.1 Å². The van der Waals surface area contributed by atoms with Crippen LogP contribution < -0.4 is 14.8 Å². The van der Waals surface area contributed by atoms with Gasteiger partial charge in [0, 0.05) is 16.6 Å². The van der Waals surface area contributed by atoms with Gasteiger partial charge in [-0.15, -0.1) is 0 Å². The van der Waals surface area contributed by atoms with Gasteiger partial charge in [0.1, 0.15) is 0 Å². The van der Waals surface area contributed by atoms with Crippen molar-refractivity contribution < 1.29 is 14.3 Å². The van der Waals surface area contributed by atoms with E-state index in [4.69, 9.17) is 9.47 Å². The second kappa shape index (κ2) is 9.08. The average Bonchev–Trinajstić information content (AvgIpc) is 2.61. The maximum absolute atomic E-state index is 12.5. The minimum Gasteiger partial charge on any atom is -0.493 e. The number of nitrogens with one attached hydrogen (secondary N) is 1. The normalized spacial score (nSPS) is 10.7. The van der Waals surface area contributed by atoms with Gasteiger partial charge in [-0.3, -0.25) is 4.79 Å². The first-order valence-electron chi connectivity index (χ1n) is 8.67. The number of aryl methyl sites for hydroxylation is 2. The number of methoxy groups -OCH3 is 2. The van der Waals surface area contributed by atoms with E-state index >= 15 is 0 Å². The Balaban J connectivity index is 2.11. The van der Waals surface area contributed by atoms with Gasteiger partial charge in [0.05, 0.1) is 14.2 Å². The maximum atomic E-state index is 12.5. The molecule has 1 N–H and O–H groups in total. The molecule has 140 valence electrons. The molecule has 5 heteroatoms. The smallest absolute Gasteiger partial charge is 0.224 e. The van der Waals surface area contributed by atoms with Crippen LogP contribution in [0.2, 0.25) is 0 Å². The molecule has 0 fully saturated rings. The molecule has 0 aromatic heterocycles. The zero-order valence-corrected chi connectivity index (χ0v) is 17.6. The topological polar surface area (TPSA) is 47.6 Å². The summed E-state index contributed by atoms with van der Waals surface area (Å²) in [5.41, 5.74) is 4.17. The highest BCUT2D eigenvalue weighted by Gasteiger charge is 2.14. The van der Waals surface area contributed by atoms with E-state index < -0.39 is 0 Å². The van der Waals surface area contributed by atoms with Crippen molar-refractivity contribution in [3.63, 3.8) is 0 Å². The van der Waals surface area contributed by atoms with Gasteiger partial charge < -0.3 is 14.8 Å². The molecule has 0 saturated heterocycles. The number of carbonyl (C=O) groups excluding carboxylic acids is 1. The summed E-state index contributed by atoms with van der Waals surface area (Å²) in [6.45, 7) is 6.28. The van der Waals surface area contributed by atoms with Crippen LogP contribution in [-0.2, 0) is 11.2 Å². The highest BCUT2D eigenvalue weighted by atomic mass is 79.9. The average molecular weight is 420 g/mol. The number of amides is 1. The molecule has 0 aliphatic rings. The third-order valence-corrected chi connectivity index (χ3v) is 5.10. The van der Waals surface area contributed by atoms with Gasteiger partial charge in [0.2, 0.25) is 5.91 Å². The Bertz CT molecular complexity index is 787. The molecule has 26 heavy (non-hydrogen) atoms. The molecular weight excluding hydrogens is 394 g/mol. The summed E-state index contributed by atoms with van der Waals surface area (Å²) in [6, 6.07) is 9.89. The van der Waals surface area contributed by atoms with Crippen molar-refractivity contribution in [3.8, 4) is 11.5 Å². The predicted octanol–water partition coefficient (Wildman–Crippen LogP) is 5.47. The number of hydrogen-bond acceptors (Lipinski definition) is 3. The van der Waals surface area contributed by atoms with Crippen LogP contribution in [0, 0.1) is 6.92 Å². The summed E-state index contributed by atoms with van der Waals surface area (Å²) in [4.78, 5) is 12.5. The Morgan fingerprint density at radius 1 is 1.15 bits per heavy atom. The summed E-state index contributed by atoms with van der Waals surface area (Å²) < 4.78 is 11.5. The van der Waals surface area contributed by atoms with E-state index in [0.29, 0.717) is 30.3 Å². The summed E-state index contributed by atoms with van der Waals surface area (Å²) >= 11 is 3.54. The van der Waals surface area contributed by atoms with E-state index in [9.17, 15) is 4.79 Å². The van der Waals surface area contributed by atoms with E-state index in [2.05, 4.69) is 41.2 Å². The fraction of sp³-hybridized carbons (Fsp3) is 0.381. The van der Waals surface area contributed by atoms with Gasteiger partial charge in [0.15, 0.2) is 11.5 Å². The molecule has 0 spiro atoms. The number of hydrogen-bond donors (Lipinski definition) is 1. The number of carbonyl (C=O) groups is 1. The van der Waals surface area contributed by atoms with Crippen molar-refractivity contribution in [2.24, 2.45) is 0 Å². The standard InChI is InChI=1S/C21H26BrNO3/c1-13(2)16-8-6-7-14(3)21(16)23-20(24)10-9-15-11-18(25-4)19(26-5)12-17(15)22/h6-8,11-13H,9-10H2,1-5H3,(H,23,24). The van der Waals surface area contributed by atoms with E-state index in [1.165, 1.54) is 0 Å². The van der Waals surface area contributed by atoms with Crippen LogP contribution in [0.1, 0.15) is 42.9 Å². The molecule has 0 bridgehead atoms. The largest absolute Gasteiger partial charge is 0.493 e. The number of anilines is 1. The number of halogens is 1. The van der Waals surface area contributed by atoms with Crippen LogP contribution in [0.15, 0.2) is 34.8 Å². The van der Waals surface area contributed by atoms with E-state index in [0.717, 1.165) is 26.9 Å². The second-order valence-electron chi connectivity index (χ2n) is 6.54. The zero-order chi connectivity index (χ0) is 19.3. The molecule has 2 aromatic rings. The molecule has 2 rings (SSSR count). The highest BCUT2D eigenvalue weighted by Crippen LogP contribution is 2.34. The minimum absolute atomic E-state index is 0.00267. The van der Waals surface area contributed by atoms with Crippen molar-refractivity contribution in [2.75, 3.05) is 19.5 Å². The summed E-state index contributed by atoms with van der Waals surface area (Å²) in [5, 5.41) is 3.09. The van der Waals surface area contributed by atoms with E-state index in [-0.39, 0.29) is 5.91 Å². The molecule has 0 radical (unpaired) electrons. The third-order valence-electron chi connectivity index (χ3n) is 4.37. The Kier molecular flexibility index (Phi) is 7.09. The molecule has 0 saturated carbocycles. The molecule has 1 amide bonds. The minimum atomic E-state index is 0.00267. The number of benzene rings is 2. The SMILES string of the molecule is COc1cc(Br)c(CCC(=O)Nc2c(C)cccc2C(C)C)cc1OC. The fourth-order valence-corrected chi connectivity index (χ4v) is 3.40. The first-order chi connectivity index (χ1) is 12.4.